The molecule has 1 atom stereocenters. The smallest absolute Gasteiger partial charge is 0.240 e. The van der Waals surface area contributed by atoms with E-state index in [0.29, 0.717) is 16.8 Å². The molecule has 2 rings (SSSR count). The quantitative estimate of drug-likeness (QED) is 0.758. The Labute approximate surface area is 159 Å². The van der Waals surface area contributed by atoms with E-state index in [4.69, 9.17) is 0 Å². The lowest BCUT2D eigenvalue weighted by molar-refractivity contribution is -0.114. The molecular formula is C19H24FN3O3S. The van der Waals surface area contributed by atoms with E-state index in [-0.39, 0.29) is 29.2 Å². The van der Waals surface area contributed by atoms with Crippen LogP contribution in [0.25, 0.3) is 0 Å². The highest BCUT2D eigenvalue weighted by Crippen LogP contribution is 2.22. The fourth-order valence-electron chi connectivity index (χ4n) is 2.75. The zero-order valence-corrected chi connectivity index (χ0v) is 16.6. The van der Waals surface area contributed by atoms with Gasteiger partial charge in [0.2, 0.25) is 15.9 Å². The number of hydrogen-bond acceptors (Lipinski definition) is 4. The summed E-state index contributed by atoms with van der Waals surface area (Å²) in [6.45, 7) is 3.11. The second kappa shape index (κ2) is 8.60. The molecule has 1 unspecified atom stereocenters. The van der Waals surface area contributed by atoms with Crippen LogP contribution >= 0.6 is 0 Å². The lowest BCUT2D eigenvalue weighted by Crippen LogP contribution is -2.35. The topological polar surface area (TPSA) is 78.5 Å². The molecule has 0 heterocycles. The molecule has 0 aliphatic rings. The van der Waals surface area contributed by atoms with Crippen molar-refractivity contribution >= 4 is 21.6 Å². The summed E-state index contributed by atoms with van der Waals surface area (Å²) in [5, 5.41) is 2.58. The molecule has 0 fully saturated rings. The number of carbonyl (C=O) groups is 1. The molecule has 0 aromatic heterocycles. The monoisotopic (exact) mass is 393 g/mol. The third-order valence-corrected chi connectivity index (χ3v) is 5.69. The van der Waals surface area contributed by atoms with Crippen LogP contribution in [0.4, 0.5) is 10.1 Å². The second-order valence-corrected chi connectivity index (χ2v) is 8.28. The molecule has 146 valence electrons. The van der Waals surface area contributed by atoms with Gasteiger partial charge in [-0.1, -0.05) is 18.2 Å². The number of nitrogens with zero attached hydrogens (tertiary/aromatic N) is 1. The van der Waals surface area contributed by atoms with Gasteiger partial charge in [0.15, 0.2) is 0 Å². The number of aryl methyl sites for hydroxylation is 1. The number of hydrogen-bond donors (Lipinski definition) is 2. The molecular weight excluding hydrogens is 369 g/mol. The van der Waals surface area contributed by atoms with E-state index >= 15 is 0 Å². The Hall–Kier alpha value is -2.29. The maximum atomic E-state index is 13.5. The van der Waals surface area contributed by atoms with Crippen molar-refractivity contribution in [2.75, 3.05) is 26.0 Å². The summed E-state index contributed by atoms with van der Waals surface area (Å²) in [7, 11) is -0.221. The van der Waals surface area contributed by atoms with Crippen molar-refractivity contribution < 1.29 is 17.6 Å². The van der Waals surface area contributed by atoms with E-state index in [1.807, 2.05) is 4.90 Å². The minimum absolute atomic E-state index is 0.0720. The molecule has 6 nitrogen and oxygen atoms in total. The molecule has 2 N–H and O–H groups in total. The van der Waals surface area contributed by atoms with Crippen LogP contribution in [0.3, 0.4) is 0 Å². The first-order chi connectivity index (χ1) is 12.6. The Morgan fingerprint density at radius 1 is 1.19 bits per heavy atom. The Morgan fingerprint density at radius 2 is 1.89 bits per heavy atom. The molecule has 0 aliphatic heterocycles. The average molecular weight is 393 g/mol. The van der Waals surface area contributed by atoms with Gasteiger partial charge in [-0.3, -0.25) is 4.79 Å². The summed E-state index contributed by atoms with van der Waals surface area (Å²) in [4.78, 5) is 13.1. The fraction of sp³-hybridized carbons (Fsp3) is 0.316. The maximum absolute atomic E-state index is 13.5. The Kier molecular flexibility index (Phi) is 6.69. The standard InChI is InChI=1S/C19H24FN3O3S/c1-13-8-9-17(22-14(2)24)11-19(13)27(25,26)21-12-18(23(3)4)15-6-5-7-16(20)10-15/h5-11,18,21H,12H2,1-4H3,(H,22,24). The van der Waals surface area contributed by atoms with E-state index in [0.717, 1.165) is 0 Å². The van der Waals surface area contributed by atoms with Crippen molar-refractivity contribution in [3.05, 3.63) is 59.4 Å². The Morgan fingerprint density at radius 3 is 2.48 bits per heavy atom. The van der Waals surface area contributed by atoms with Gasteiger partial charge in [0.1, 0.15) is 5.82 Å². The lowest BCUT2D eigenvalue weighted by atomic mass is 10.1. The van der Waals surface area contributed by atoms with E-state index in [9.17, 15) is 17.6 Å². The molecule has 2 aromatic carbocycles. The first-order valence-electron chi connectivity index (χ1n) is 8.40. The highest BCUT2D eigenvalue weighted by atomic mass is 32.2. The summed E-state index contributed by atoms with van der Waals surface area (Å²) < 4.78 is 41.7. The number of nitrogens with one attached hydrogen (secondary N) is 2. The summed E-state index contributed by atoms with van der Waals surface area (Å²) in [6, 6.07) is 10.4. The molecule has 27 heavy (non-hydrogen) atoms. The van der Waals surface area contributed by atoms with Crippen molar-refractivity contribution in [1.29, 1.82) is 0 Å². The number of amides is 1. The van der Waals surface area contributed by atoms with Crippen LogP contribution in [0.5, 0.6) is 0 Å². The molecule has 0 aliphatic carbocycles. The SMILES string of the molecule is CC(=O)Nc1ccc(C)c(S(=O)(=O)NCC(c2cccc(F)c2)N(C)C)c1. The fourth-order valence-corrected chi connectivity index (χ4v) is 4.06. The van der Waals surface area contributed by atoms with Crippen LogP contribution in [0.15, 0.2) is 47.4 Å². The predicted octanol–water partition coefficient (Wildman–Crippen LogP) is 2.67. The molecule has 0 radical (unpaired) electrons. The number of halogens is 1. The van der Waals surface area contributed by atoms with Crippen LogP contribution in [-0.2, 0) is 14.8 Å². The Bertz CT molecular complexity index is 930. The third-order valence-electron chi connectivity index (χ3n) is 4.12. The number of carbonyl (C=O) groups excluding carboxylic acids is 1. The maximum Gasteiger partial charge on any atom is 0.240 e. The Balaban J connectivity index is 2.26. The minimum Gasteiger partial charge on any atom is -0.326 e. The van der Waals surface area contributed by atoms with Crippen LogP contribution in [-0.4, -0.2) is 39.9 Å². The predicted molar refractivity (Wildman–Crippen MR) is 103 cm³/mol. The van der Waals surface area contributed by atoms with Crippen LogP contribution in [0.2, 0.25) is 0 Å². The van der Waals surface area contributed by atoms with E-state index in [1.165, 1.54) is 25.1 Å². The molecule has 1 amide bonds. The zero-order valence-electron chi connectivity index (χ0n) is 15.8. The number of likely N-dealkylation sites (N-methyl/N-ethyl adjacent to an activating group) is 1. The molecule has 2 aromatic rings. The highest BCUT2D eigenvalue weighted by Gasteiger charge is 2.22. The van der Waals surface area contributed by atoms with Crippen molar-refractivity contribution in [2.24, 2.45) is 0 Å². The second-order valence-electron chi connectivity index (χ2n) is 6.55. The van der Waals surface area contributed by atoms with Gasteiger partial charge in [0, 0.05) is 25.2 Å². The van der Waals surface area contributed by atoms with Crippen molar-refractivity contribution in [2.45, 2.75) is 24.8 Å². The van der Waals surface area contributed by atoms with Gasteiger partial charge in [-0.15, -0.1) is 0 Å². The van der Waals surface area contributed by atoms with Gasteiger partial charge in [-0.25, -0.2) is 17.5 Å². The lowest BCUT2D eigenvalue weighted by Gasteiger charge is -2.25. The first kappa shape index (κ1) is 21.0. The zero-order chi connectivity index (χ0) is 20.2. The van der Waals surface area contributed by atoms with Gasteiger partial charge in [-0.2, -0.15) is 0 Å². The van der Waals surface area contributed by atoms with Crippen LogP contribution in [0, 0.1) is 12.7 Å². The largest absolute Gasteiger partial charge is 0.326 e. The highest BCUT2D eigenvalue weighted by molar-refractivity contribution is 7.89. The average Bonchev–Trinajstić information content (AvgIpc) is 2.56. The van der Waals surface area contributed by atoms with Crippen LogP contribution < -0.4 is 10.0 Å². The van der Waals surface area contributed by atoms with Gasteiger partial charge in [0.25, 0.3) is 0 Å². The van der Waals surface area contributed by atoms with Gasteiger partial charge >= 0.3 is 0 Å². The van der Waals surface area contributed by atoms with E-state index < -0.39 is 10.0 Å². The van der Waals surface area contributed by atoms with E-state index in [1.54, 1.807) is 45.3 Å². The number of sulfonamides is 1. The van der Waals surface area contributed by atoms with Crippen LogP contribution in [0.1, 0.15) is 24.1 Å². The number of rotatable bonds is 7. The van der Waals surface area contributed by atoms with Crippen molar-refractivity contribution in [1.82, 2.24) is 9.62 Å². The number of anilines is 1. The van der Waals surface area contributed by atoms with Crippen molar-refractivity contribution in [3.8, 4) is 0 Å². The molecule has 0 saturated carbocycles. The summed E-state index contributed by atoms with van der Waals surface area (Å²) in [5.41, 5.74) is 1.64. The van der Waals surface area contributed by atoms with Gasteiger partial charge < -0.3 is 10.2 Å². The number of benzene rings is 2. The normalized spacial score (nSPS) is 12.8. The molecule has 8 heteroatoms. The molecule has 0 bridgehead atoms. The van der Waals surface area contributed by atoms with Gasteiger partial charge in [-0.05, 0) is 56.4 Å². The van der Waals surface area contributed by atoms with Crippen molar-refractivity contribution in [3.63, 3.8) is 0 Å². The van der Waals surface area contributed by atoms with E-state index in [2.05, 4.69) is 10.0 Å². The summed E-state index contributed by atoms with van der Waals surface area (Å²) in [5.74, 6) is -0.657. The summed E-state index contributed by atoms with van der Waals surface area (Å²) in [6.07, 6.45) is 0. The molecule has 0 saturated heterocycles. The minimum atomic E-state index is -3.82. The third kappa shape index (κ3) is 5.59. The summed E-state index contributed by atoms with van der Waals surface area (Å²) >= 11 is 0. The first-order valence-corrected chi connectivity index (χ1v) is 9.88. The molecule has 0 spiro atoms. The van der Waals surface area contributed by atoms with Gasteiger partial charge in [0.05, 0.1) is 4.90 Å².